The van der Waals surface area contributed by atoms with Crippen LogP contribution in [0.5, 0.6) is 0 Å². The van der Waals surface area contributed by atoms with Crippen molar-refractivity contribution >= 4 is 11.7 Å². The van der Waals surface area contributed by atoms with Crippen LogP contribution < -0.4 is 5.32 Å². The first-order valence-electron chi connectivity index (χ1n) is 8.66. The van der Waals surface area contributed by atoms with Gasteiger partial charge in [-0.05, 0) is 64.0 Å². The van der Waals surface area contributed by atoms with E-state index in [0.717, 1.165) is 58.5 Å². The molecule has 0 radical (unpaired) electrons. The van der Waals surface area contributed by atoms with E-state index in [1.165, 1.54) is 18.6 Å². The quantitative estimate of drug-likeness (QED) is 0.464. The van der Waals surface area contributed by atoms with Gasteiger partial charge in [0.1, 0.15) is 0 Å². The SMILES string of the molecule is C=CC(=O)CCCCN1CCCN(CCCNC(=O)C=C)CC1. The van der Waals surface area contributed by atoms with Crippen molar-refractivity contribution in [1.29, 1.82) is 0 Å². The predicted octanol–water partition coefficient (Wildman–Crippen LogP) is 1.61. The Labute approximate surface area is 140 Å². The van der Waals surface area contributed by atoms with Crippen molar-refractivity contribution in [3.05, 3.63) is 25.3 Å². The molecule has 5 heteroatoms. The fourth-order valence-electron chi connectivity index (χ4n) is 2.79. The number of hydrogen-bond donors (Lipinski definition) is 1. The second-order valence-electron chi connectivity index (χ2n) is 6.01. The summed E-state index contributed by atoms with van der Waals surface area (Å²) in [6, 6.07) is 0. The zero-order chi connectivity index (χ0) is 16.9. The molecule has 1 N–H and O–H groups in total. The number of rotatable bonds is 11. The first kappa shape index (κ1) is 19.6. The Kier molecular flexibility index (Phi) is 10.2. The Balaban J connectivity index is 2.10. The van der Waals surface area contributed by atoms with Gasteiger partial charge >= 0.3 is 0 Å². The van der Waals surface area contributed by atoms with Gasteiger partial charge in [-0.1, -0.05) is 13.2 Å². The van der Waals surface area contributed by atoms with Crippen molar-refractivity contribution in [2.75, 3.05) is 45.8 Å². The standard InChI is InChI=1S/C18H31N3O2/c1-3-17(22)9-5-6-11-20-13-8-14-21(16-15-20)12-7-10-19-18(23)4-2/h3-4H,1-2,5-16H2,(H,19,23). The van der Waals surface area contributed by atoms with Gasteiger partial charge in [-0.25, -0.2) is 0 Å². The lowest BCUT2D eigenvalue weighted by Crippen LogP contribution is -2.33. The van der Waals surface area contributed by atoms with Gasteiger partial charge in [-0.15, -0.1) is 0 Å². The number of hydrogen-bond acceptors (Lipinski definition) is 4. The fourth-order valence-corrected chi connectivity index (χ4v) is 2.79. The third-order valence-electron chi connectivity index (χ3n) is 4.19. The van der Waals surface area contributed by atoms with E-state index in [1.54, 1.807) is 0 Å². The molecular weight excluding hydrogens is 290 g/mol. The Morgan fingerprint density at radius 3 is 2.17 bits per heavy atom. The Morgan fingerprint density at radius 2 is 1.57 bits per heavy atom. The second-order valence-corrected chi connectivity index (χ2v) is 6.01. The molecule has 0 aliphatic carbocycles. The Morgan fingerprint density at radius 1 is 0.913 bits per heavy atom. The molecule has 0 spiro atoms. The summed E-state index contributed by atoms with van der Waals surface area (Å²) in [6.45, 7) is 14.2. The highest BCUT2D eigenvalue weighted by Crippen LogP contribution is 2.06. The summed E-state index contributed by atoms with van der Waals surface area (Å²) in [5, 5.41) is 2.82. The third kappa shape index (κ3) is 9.31. The summed E-state index contributed by atoms with van der Waals surface area (Å²) >= 11 is 0. The molecule has 0 bridgehead atoms. The minimum absolute atomic E-state index is 0.0954. The van der Waals surface area contributed by atoms with Crippen molar-refractivity contribution in [3.8, 4) is 0 Å². The number of allylic oxidation sites excluding steroid dienone is 1. The van der Waals surface area contributed by atoms with Crippen LogP contribution in [-0.4, -0.2) is 67.3 Å². The molecule has 1 heterocycles. The maximum atomic E-state index is 11.2. The van der Waals surface area contributed by atoms with Gasteiger partial charge in [0.15, 0.2) is 5.78 Å². The number of ketones is 1. The summed E-state index contributed by atoms with van der Waals surface area (Å²) in [5.74, 6) is 0.0533. The smallest absolute Gasteiger partial charge is 0.243 e. The zero-order valence-electron chi connectivity index (χ0n) is 14.3. The monoisotopic (exact) mass is 321 g/mol. The number of nitrogens with one attached hydrogen (secondary N) is 1. The summed E-state index contributed by atoms with van der Waals surface area (Å²) in [5.41, 5.74) is 0. The lowest BCUT2D eigenvalue weighted by atomic mass is 10.1. The number of carbonyl (C=O) groups is 2. The first-order valence-corrected chi connectivity index (χ1v) is 8.66. The fraction of sp³-hybridized carbons (Fsp3) is 0.667. The topological polar surface area (TPSA) is 52.7 Å². The van der Waals surface area contributed by atoms with Crippen molar-refractivity contribution in [2.24, 2.45) is 0 Å². The van der Waals surface area contributed by atoms with Gasteiger partial charge < -0.3 is 15.1 Å². The van der Waals surface area contributed by atoms with Crippen LogP contribution in [0.25, 0.3) is 0 Å². The molecule has 1 fully saturated rings. The van der Waals surface area contributed by atoms with Crippen LogP contribution in [0, 0.1) is 0 Å². The molecule has 130 valence electrons. The zero-order valence-corrected chi connectivity index (χ0v) is 14.3. The molecule has 0 aromatic rings. The van der Waals surface area contributed by atoms with Gasteiger partial charge in [0.25, 0.3) is 0 Å². The maximum absolute atomic E-state index is 11.2. The van der Waals surface area contributed by atoms with Crippen molar-refractivity contribution in [3.63, 3.8) is 0 Å². The van der Waals surface area contributed by atoms with E-state index in [2.05, 4.69) is 28.3 Å². The molecular formula is C18H31N3O2. The first-order chi connectivity index (χ1) is 11.2. The molecule has 1 saturated heterocycles. The molecule has 0 unspecified atom stereocenters. The lowest BCUT2D eigenvalue weighted by Gasteiger charge is -2.21. The van der Waals surface area contributed by atoms with Gasteiger partial charge in [0, 0.05) is 26.1 Å². The number of nitrogens with zero attached hydrogens (tertiary/aromatic N) is 2. The van der Waals surface area contributed by atoms with E-state index in [-0.39, 0.29) is 11.7 Å². The van der Waals surface area contributed by atoms with E-state index >= 15 is 0 Å². The van der Waals surface area contributed by atoms with E-state index in [4.69, 9.17) is 0 Å². The minimum atomic E-state index is -0.0954. The third-order valence-corrected chi connectivity index (χ3v) is 4.19. The molecule has 0 aromatic carbocycles. The second kappa shape index (κ2) is 12.0. The predicted molar refractivity (Wildman–Crippen MR) is 94.4 cm³/mol. The van der Waals surface area contributed by atoms with Crippen LogP contribution >= 0.6 is 0 Å². The summed E-state index contributed by atoms with van der Waals surface area (Å²) in [7, 11) is 0. The van der Waals surface area contributed by atoms with Crippen LogP contribution in [0.2, 0.25) is 0 Å². The number of unbranched alkanes of at least 4 members (excludes halogenated alkanes) is 1. The van der Waals surface area contributed by atoms with Crippen LogP contribution in [-0.2, 0) is 9.59 Å². The molecule has 0 saturated carbocycles. The molecule has 1 rings (SSSR count). The molecule has 1 amide bonds. The summed E-state index contributed by atoms with van der Waals surface area (Å²) < 4.78 is 0. The highest BCUT2D eigenvalue weighted by Gasteiger charge is 2.14. The van der Waals surface area contributed by atoms with Gasteiger partial charge in [0.2, 0.25) is 5.91 Å². The highest BCUT2D eigenvalue weighted by molar-refractivity contribution is 5.88. The van der Waals surface area contributed by atoms with Crippen LogP contribution in [0.15, 0.2) is 25.3 Å². The van der Waals surface area contributed by atoms with Crippen molar-refractivity contribution < 1.29 is 9.59 Å². The van der Waals surface area contributed by atoms with Crippen LogP contribution in [0.1, 0.15) is 32.1 Å². The average molecular weight is 321 g/mol. The average Bonchev–Trinajstić information content (AvgIpc) is 2.80. The minimum Gasteiger partial charge on any atom is -0.353 e. The maximum Gasteiger partial charge on any atom is 0.243 e. The Bertz CT molecular complexity index is 360. The van der Waals surface area contributed by atoms with Crippen molar-refractivity contribution in [2.45, 2.75) is 32.1 Å². The van der Waals surface area contributed by atoms with E-state index < -0.39 is 0 Å². The lowest BCUT2D eigenvalue weighted by molar-refractivity contribution is -0.116. The molecule has 5 nitrogen and oxygen atoms in total. The summed E-state index contributed by atoms with van der Waals surface area (Å²) in [4.78, 5) is 27.2. The normalized spacial score (nSPS) is 16.5. The molecule has 0 atom stereocenters. The Hall–Kier alpha value is -1.46. The van der Waals surface area contributed by atoms with Crippen LogP contribution in [0.3, 0.4) is 0 Å². The molecule has 0 aromatic heterocycles. The van der Waals surface area contributed by atoms with Gasteiger partial charge in [0.05, 0.1) is 0 Å². The van der Waals surface area contributed by atoms with Gasteiger partial charge in [-0.2, -0.15) is 0 Å². The van der Waals surface area contributed by atoms with E-state index in [0.29, 0.717) is 13.0 Å². The largest absolute Gasteiger partial charge is 0.353 e. The number of carbonyl (C=O) groups excluding carboxylic acids is 2. The molecule has 23 heavy (non-hydrogen) atoms. The highest BCUT2D eigenvalue weighted by atomic mass is 16.1. The van der Waals surface area contributed by atoms with Gasteiger partial charge in [-0.3, -0.25) is 9.59 Å². The molecule has 1 aliphatic rings. The molecule has 1 aliphatic heterocycles. The van der Waals surface area contributed by atoms with Crippen LogP contribution in [0.4, 0.5) is 0 Å². The number of amides is 1. The summed E-state index contributed by atoms with van der Waals surface area (Å²) in [6.07, 6.45) is 7.54. The van der Waals surface area contributed by atoms with Crippen molar-refractivity contribution in [1.82, 2.24) is 15.1 Å². The van der Waals surface area contributed by atoms with E-state index in [1.807, 2.05) is 0 Å². The van der Waals surface area contributed by atoms with E-state index in [9.17, 15) is 9.59 Å².